The van der Waals surface area contributed by atoms with E-state index < -0.39 is 5.25 Å². The summed E-state index contributed by atoms with van der Waals surface area (Å²) < 4.78 is 17.2. The number of imide groups is 1. The summed E-state index contributed by atoms with van der Waals surface area (Å²) in [5.41, 5.74) is 3.88. The molecule has 7 nitrogen and oxygen atoms in total. The quantitative estimate of drug-likeness (QED) is 0.222. The van der Waals surface area contributed by atoms with E-state index in [1.54, 1.807) is 0 Å². The molecule has 0 spiro atoms. The Morgan fingerprint density at radius 2 is 1.57 bits per heavy atom. The third-order valence-corrected chi connectivity index (χ3v) is 7.23. The first kappa shape index (κ1) is 24.9. The van der Waals surface area contributed by atoms with Crippen molar-refractivity contribution in [1.29, 1.82) is 0 Å². The summed E-state index contributed by atoms with van der Waals surface area (Å²) in [5, 5.41) is 6.80. The number of carbonyl (C=O) groups is 2. The zero-order chi connectivity index (χ0) is 25.5. The Balaban J connectivity index is 1.03. The molecule has 1 saturated heterocycles. The summed E-state index contributed by atoms with van der Waals surface area (Å²) >= 11 is 0.993. The summed E-state index contributed by atoms with van der Waals surface area (Å²) in [6.45, 7) is 0.999. The number of rotatable bonds is 12. The molecule has 1 N–H and O–H groups in total. The Bertz CT molecular complexity index is 1350. The number of nitrogens with one attached hydrogen (secondary N) is 1. The van der Waals surface area contributed by atoms with Gasteiger partial charge in [0.25, 0.3) is 5.24 Å². The smallest absolute Gasteiger partial charge is 0.286 e. The van der Waals surface area contributed by atoms with E-state index in [0.717, 1.165) is 65.4 Å². The number of carbonyl (C=O) groups excluding carboxylic acids is 2. The Kier molecular flexibility index (Phi) is 8.05. The summed E-state index contributed by atoms with van der Waals surface area (Å²) in [4.78, 5) is 23.1. The number of aromatic nitrogens is 1. The van der Waals surface area contributed by atoms with Gasteiger partial charge in [0.15, 0.2) is 5.58 Å². The van der Waals surface area contributed by atoms with Crippen molar-refractivity contribution in [2.24, 2.45) is 0 Å². The van der Waals surface area contributed by atoms with Gasteiger partial charge in [-0.05, 0) is 72.8 Å². The monoisotopic (exact) mass is 516 g/mol. The molecule has 1 atom stereocenters. The number of amides is 2. The summed E-state index contributed by atoms with van der Waals surface area (Å²) in [5.74, 6) is 1.17. The molecule has 0 radical (unpaired) electrons. The van der Waals surface area contributed by atoms with Crippen molar-refractivity contribution in [1.82, 2.24) is 10.5 Å². The van der Waals surface area contributed by atoms with Gasteiger partial charge in [-0.2, -0.15) is 0 Å². The van der Waals surface area contributed by atoms with Crippen LogP contribution in [0.4, 0.5) is 4.79 Å². The number of nitrogens with zero attached hydrogens (tertiary/aromatic N) is 1. The van der Waals surface area contributed by atoms with E-state index in [1.807, 2.05) is 48.5 Å². The van der Waals surface area contributed by atoms with Crippen molar-refractivity contribution < 1.29 is 23.6 Å². The SMILES string of the molecule is O=C1NC(=O)C(c2ccc(OCCCOc3ccc4c(CCCCc5ccccc5)noc4c3)cc2)S1. The van der Waals surface area contributed by atoms with Crippen LogP contribution in [0.15, 0.2) is 77.3 Å². The van der Waals surface area contributed by atoms with Crippen LogP contribution in [-0.4, -0.2) is 29.5 Å². The lowest BCUT2D eigenvalue weighted by molar-refractivity contribution is -0.119. The highest BCUT2D eigenvalue weighted by molar-refractivity contribution is 8.15. The zero-order valence-corrected chi connectivity index (χ0v) is 21.2. The molecule has 0 saturated carbocycles. The molecule has 0 aliphatic carbocycles. The highest BCUT2D eigenvalue weighted by atomic mass is 32.2. The number of benzene rings is 3. The fourth-order valence-corrected chi connectivity index (χ4v) is 5.09. The number of unbranched alkanes of at least 4 members (excludes halogenated alkanes) is 1. The maximum absolute atomic E-state index is 11.8. The molecular formula is C29H28N2O5S. The molecule has 37 heavy (non-hydrogen) atoms. The van der Waals surface area contributed by atoms with Crippen LogP contribution < -0.4 is 14.8 Å². The molecule has 2 heterocycles. The van der Waals surface area contributed by atoms with E-state index in [9.17, 15) is 9.59 Å². The van der Waals surface area contributed by atoms with Crippen molar-refractivity contribution >= 4 is 33.9 Å². The van der Waals surface area contributed by atoms with Gasteiger partial charge in [0, 0.05) is 17.9 Å². The van der Waals surface area contributed by atoms with Crippen LogP contribution in [0.5, 0.6) is 11.5 Å². The predicted molar refractivity (Wildman–Crippen MR) is 143 cm³/mol. The van der Waals surface area contributed by atoms with Gasteiger partial charge in [-0.15, -0.1) is 0 Å². The minimum atomic E-state index is -0.493. The van der Waals surface area contributed by atoms with Gasteiger partial charge < -0.3 is 14.0 Å². The number of thioether (sulfide) groups is 1. The maximum Gasteiger partial charge on any atom is 0.286 e. The average molecular weight is 517 g/mol. The van der Waals surface area contributed by atoms with E-state index in [4.69, 9.17) is 14.0 Å². The average Bonchev–Trinajstić information content (AvgIpc) is 3.48. The molecule has 1 aromatic heterocycles. The Morgan fingerprint density at radius 1 is 0.838 bits per heavy atom. The van der Waals surface area contributed by atoms with Crippen molar-refractivity contribution in [3.05, 3.63) is 89.6 Å². The molecule has 1 unspecified atom stereocenters. The van der Waals surface area contributed by atoms with Gasteiger partial charge in [0.05, 0.1) is 18.9 Å². The molecule has 5 rings (SSSR count). The standard InChI is InChI=1S/C29H28N2O5S/c32-28-27(37-29(33)30-28)21-11-13-22(14-12-21)34-17-6-18-35-23-15-16-24-25(31-36-26(24)19-23)10-5-4-9-20-7-2-1-3-8-20/h1-3,7-8,11-16,19,27H,4-6,9-10,17-18H2,(H,30,32,33). The van der Waals surface area contributed by atoms with Gasteiger partial charge in [-0.25, -0.2) is 0 Å². The van der Waals surface area contributed by atoms with Crippen LogP contribution in [0.2, 0.25) is 0 Å². The van der Waals surface area contributed by atoms with Crippen LogP contribution in [-0.2, 0) is 17.6 Å². The van der Waals surface area contributed by atoms with Gasteiger partial charge in [0.1, 0.15) is 16.7 Å². The number of fused-ring (bicyclic) bond motifs is 1. The minimum Gasteiger partial charge on any atom is -0.493 e. The third kappa shape index (κ3) is 6.51. The minimum absolute atomic E-state index is 0.278. The molecule has 4 aromatic rings. The predicted octanol–water partition coefficient (Wildman–Crippen LogP) is 6.27. The second-order valence-corrected chi connectivity index (χ2v) is 9.95. The molecular weight excluding hydrogens is 488 g/mol. The van der Waals surface area contributed by atoms with Crippen LogP contribution >= 0.6 is 11.8 Å². The first-order valence-corrected chi connectivity index (χ1v) is 13.3. The molecule has 0 bridgehead atoms. The highest BCUT2D eigenvalue weighted by Gasteiger charge is 2.32. The normalized spacial score (nSPS) is 15.2. The van der Waals surface area contributed by atoms with E-state index in [0.29, 0.717) is 25.4 Å². The fraction of sp³-hybridized carbons (Fsp3) is 0.276. The second kappa shape index (κ2) is 12.0. The summed E-state index contributed by atoms with van der Waals surface area (Å²) in [6.07, 6.45) is 4.85. The largest absolute Gasteiger partial charge is 0.493 e. The lowest BCUT2D eigenvalue weighted by Crippen LogP contribution is -2.20. The first-order chi connectivity index (χ1) is 18.2. The van der Waals surface area contributed by atoms with Gasteiger partial charge >= 0.3 is 0 Å². The first-order valence-electron chi connectivity index (χ1n) is 12.4. The number of hydrogen-bond acceptors (Lipinski definition) is 7. The fourth-order valence-electron chi connectivity index (χ4n) is 4.26. The zero-order valence-electron chi connectivity index (χ0n) is 20.4. The number of ether oxygens (including phenoxy) is 2. The van der Waals surface area contributed by atoms with Crippen LogP contribution in [0.1, 0.15) is 41.3 Å². The summed E-state index contributed by atoms with van der Waals surface area (Å²) in [6, 6.07) is 23.6. The summed E-state index contributed by atoms with van der Waals surface area (Å²) in [7, 11) is 0. The van der Waals surface area contributed by atoms with Crippen molar-refractivity contribution in [2.45, 2.75) is 37.4 Å². The lowest BCUT2D eigenvalue weighted by Gasteiger charge is -2.10. The molecule has 190 valence electrons. The molecule has 1 aliphatic heterocycles. The Hall–Kier alpha value is -3.78. The van der Waals surface area contributed by atoms with E-state index in [2.05, 4.69) is 34.7 Å². The van der Waals surface area contributed by atoms with E-state index in [-0.39, 0.29) is 11.1 Å². The van der Waals surface area contributed by atoms with Crippen LogP contribution in [0, 0.1) is 0 Å². The van der Waals surface area contributed by atoms with Crippen molar-refractivity contribution in [3.8, 4) is 11.5 Å². The highest BCUT2D eigenvalue weighted by Crippen LogP contribution is 2.34. The van der Waals surface area contributed by atoms with Crippen molar-refractivity contribution in [2.75, 3.05) is 13.2 Å². The second-order valence-electron chi connectivity index (χ2n) is 8.87. The van der Waals surface area contributed by atoms with Gasteiger partial charge in [-0.3, -0.25) is 14.9 Å². The number of hydrogen-bond donors (Lipinski definition) is 1. The lowest BCUT2D eigenvalue weighted by atomic mass is 10.0. The topological polar surface area (TPSA) is 90.7 Å². The molecule has 1 fully saturated rings. The Labute approximate surface area is 219 Å². The molecule has 8 heteroatoms. The van der Waals surface area contributed by atoms with Crippen molar-refractivity contribution in [3.63, 3.8) is 0 Å². The molecule has 3 aromatic carbocycles. The van der Waals surface area contributed by atoms with E-state index >= 15 is 0 Å². The van der Waals surface area contributed by atoms with Gasteiger partial charge in [-0.1, -0.05) is 47.6 Å². The van der Waals surface area contributed by atoms with Crippen LogP contribution in [0.25, 0.3) is 11.0 Å². The maximum atomic E-state index is 11.8. The van der Waals surface area contributed by atoms with Crippen LogP contribution in [0.3, 0.4) is 0 Å². The van der Waals surface area contributed by atoms with E-state index in [1.165, 1.54) is 5.56 Å². The Morgan fingerprint density at radius 3 is 2.32 bits per heavy atom. The third-order valence-electron chi connectivity index (χ3n) is 6.19. The molecule has 1 aliphatic rings. The van der Waals surface area contributed by atoms with Gasteiger partial charge in [0.2, 0.25) is 5.91 Å². The molecule has 2 amide bonds. The number of aryl methyl sites for hydroxylation is 2.